The van der Waals surface area contributed by atoms with Crippen molar-refractivity contribution in [1.82, 2.24) is 19.7 Å². The van der Waals surface area contributed by atoms with Gasteiger partial charge in [-0.05, 0) is 26.0 Å². The Morgan fingerprint density at radius 3 is 2.62 bits per heavy atom. The van der Waals surface area contributed by atoms with Crippen molar-refractivity contribution in [3.63, 3.8) is 0 Å². The first-order chi connectivity index (χ1) is 11.5. The molecule has 2 aromatic rings. The lowest BCUT2D eigenvalue weighted by Gasteiger charge is -2.19. The van der Waals surface area contributed by atoms with E-state index in [1.807, 2.05) is 42.7 Å². The van der Waals surface area contributed by atoms with Crippen LogP contribution in [0.25, 0.3) is 5.69 Å². The summed E-state index contributed by atoms with van der Waals surface area (Å²) in [5.41, 5.74) is 2.09. The van der Waals surface area contributed by atoms with Crippen LogP contribution in [0, 0.1) is 6.92 Å². The summed E-state index contributed by atoms with van der Waals surface area (Å²) in [4.78, 5) is 24.4. The highest BCUT2D eigenvalue weighted by molar-refractivity contribution is 7.99. The zero-order valence-corrected chi connectivity index (χ0v) is 14.5. The fraction of sp³-hybridized carbons (Fsp3) is 0.375. The highest BCUT2D eigenvalue weighted by atomic mass is 32.2. The number of hydrogen-bond acceptors (Lipinski definition) is 5. The monoisotopic (exact) mass is 348 g/mol. The Kier molecular flexibility index (Phi) is 6.36. The van der Waals surface area contributed by atoms with Crippen LogP contribution < -0.4 is 0 Å². The fourth-order valence-corrected chi connectivity index (χ4v) is 2.94. The maximum Gasteiger partial charge on any atom is 0.305 e. The number of nitrogens with zero attached hydrogens (tertiary/aromatic N) is 4. The van der Waals surface area contributed by atoms with Gasteiger partial charge >= 0.3 is 5.97 Å². The lowest BCUT2D eigenvalue weighted by molar-refractivity contribution is -0.138. The normalized spacial score (nSPS) is 10.6. The summed E-state index contributed by atoms with van der Waals surface area (Å²) in [6.07, 6.45) is 1.56. The van der Waals surface area contributed by atoms with Gasteiger partial charge in [-0.2, -0.15) is 0 Å². The van der Waals surface area contributed by atoms with E-state index in [1.54, 1.807) is 6.33 Å². The molecule has 0 spiro atoms. The Bertz CT molecular complexity index is 700. The first-order valence-electron chi connectivity index (χ1n) is 7.60. The van der Waals surface area contributed by atoms with Crippen molar-refractivity contribution in [2.45, 2.75) is 25.4 Å². The fourth-order valence-electron chi connectivity index (χ4n) is 2.11. The van der Waals surface area contributed by atoms with Gasteiger partial charge in [-0.15, -0.1) is 10.2 Å². The Morgan fingerprint density at radius 1 is 1.29 bits per heavy atom. The summed E-state index contributed by atoms with van der Waals surface area (Å²) in [7, 11) is 0. The second-order valence-corrected chi connectivity index (χ2v) is 6.17. The summed E-state index contributed by atoms with van der Waals surface area (Å²) in [6.45, 7) is 4.55. The Labute approximate surface area is 144 Å². The molecule has 0 atom stereocenters. The lowest BCUT2D eigenvalue weighted by atomic mass is 10.2. The van der Waals surface area contributed by atoms with Gasteiger partial charge in [0, 0.05) is 18.8 Å². The van der Waals surface area contributed by atoms with Crippen LogP contribution >= 0.6 is 11.8 Å². The minimum Gasteiger partial charge on any atom is -0.481 e. The average Bonchev–Trinajstić information content (AvgIpc) is 3.02. The van der Waals surface area contributed by atoms with E-state index in [9.17, 15) is 9.59 Å². The molecule has 0 unspecified atom stereocenters. The molecule has 1 amide bonds. The topological polar surface area (TPSA) is 88.3 Å². The third kappa shape index (κ3) is 4.82. The molecule has 2 rings (SSSR count). The van der Waals surface area contributed by atoms with Crippen molar-refractivity contribution >= 4 is 23.6 Å². The molecule has 0 radical (unpaired) electrons. The van der Waals surface area contributed by atoms with Crippen LogP contribution in [-0.2, 0) is 9.59 Å². The molecule has 0 bridgehead atoms. The molecule has 0 aliphatic carbocycles. The van der Waals surface area contributed by atoms with Gasteiger partial charge in [0.2, 0.25) is 5.91 Å². The van der Waals surface area contributed by atoms with E-state index < -0.39 is 5.97 Å². The number of aryl methyl sites for hydroxylation is 1. The van der Waals surface area contributed by atoms with E-state index in [4.69, 9.17) is 5.11 Å². The molecule has 7 nitrogen and oxygen atoms in total. The Hall–Kier alpha value is -2.35. The predicted octanol–water partition coefficient (Wildman–Crippen LogP) is 1.99. The van der Waals surface area contributed by atoms with E-state index in [1.165, 1.54) is 16.7 Å². The molecule has 1 heterocycles. The van der Waals surface area contributed by atoms with E-state index >= 15 is 0 Å². The van der Waals surface area contributed by atoms with Crippen LogP contribution in [0.3, 0.4) is 0 Å². The number of carbonyl (C=O) groups is 2. The average molecular weight is 348 g/mol. The maximum absolute atomic E-state index is 12.2. The molecule has 1 N–H and O–H groups in total. The molecule has 0 saturated carbocycles. The molecule has 0 fully saturated rings. The predicted molar refractivity (Wildman–Crippen MR) is 91.3 cm³/mol. The second-order valence-electron chi connectivity index (χ2n) is 5.22. The van der Waals surface area contributed by atoms with E-state index in [0.29, 0.717) is 11.7 Å². The number of amides is 1. The number of aromatic nitrogens is 3. The van der Waals surface area contributed by atoms with Gasteiger partial charge < -0.3 is 10.0 Å². The second kappa shape index (κ2) is 8.49. The van der Waals surface area contributed by atoms with Gasteiger partial charge in [0.15, 0.2) is 5.16 Å². The number of benzene rings is 1. The smallest absolute Gasteiger partial charge is 0.305 e. The van der Waals surface area contributed by atoms with Gasteiger partial charge in [0.05, 0.1) is 12.2 Å². The summed E-state index contributed by atoms with van der Waals surface area (Å²) in [6, 6.07) is 7.94. The molecule has 24 heavy (non-hydrogen) atoms. The van der Waals surface area contributed by atoms with Gasteiger partial charge in [-0.1, -0.05) is 29.5 Å². The minimum atomic E-state index is -0.909. The Balaban J connectivity index is 1.99. The number of thioether (sulfide) groups is 1. The van der Waals surface area contributed by atoms with E-state index in [0.717, 1.165) is 11.3 Å². The van der Waals surface area contributed by atoms with Crippen molar-refractivity contribution < 1.29 is 14.7 Å². The van der Waals surface area contributed by atoms with Crippen molar-refractivity contribution in [3.05, 3.63) is 36.2 Å². The Morgan fingerprint density at radius 2 is 2.00 bits per heavy atom. The zero-order valence-electron chi connectivity index (χ0n) is 13.7. The van der Waals surface area contributed by atoms with Crippen LogP contribution in [0.15, 0.2) is 35.7 Å². The third-order valence-electron chi connectivity index (χ3n) is 3.48. The SMILES string of the molecule is CCN(CCC(=O)O)C(=O)CSc1nncn1-c1ccc(C)cc1. The quantitative estimate of drug-likeness (QED) is 0.734. The molecule has 0 aliphatic heterocycles. The van der Waals surface area contributed by atoms with Gasteiger partial charge in [0.1, 0.15) is 6.33 Å². The molecular formula is C16H20N4O3S. The maximum atomic E-state index is 12.2. The van der Waals surface area contributed by atoms with Gasteiger partial charge in [-0.3, -0.25) is 14.2 Å². The van der Waals surface area contributed by atoms with Gasteiger partial charge in [0.25, 0.3) is 0 Å². The number of rotatable bonds is 8. The summed E-state index contributed by atoms with van der Waals surface area (Å²) >= 11 is 1.29. The van der Waals surface area contributed by atoms with Crippen LogP contribution in [-0.4, -0.2) is 55.5 Å². The van der Waals surface area contributed by atoms with Crippen molar-refractivity contribution in [3.8, 4) is 5.69 Å². The molecule has 1 aromatic heterocycles. The highest BCUT2D eigenvalue weighted by Crippen LogP contribution is 2.20. The summed E-state index contributed by atoms with van der Waals surface area (Å²) < 4.78 is 1.82. The zero-order chi connectivity index (χ0) is 17.5. The largest absolute Gasteiger partial charge is 0.481 e. The molecule has 8 heteroatoms. The van der Waals surface area contributed by atoms with E-state index in [-0.39, 0.29) is 24.6 Å². The minimum absolute atomic E-state index is 0.0518. The highest BCUT2D eigenvalue weighted by Gasteiger charge is 2.15. The molecule has 0 aliphatic rings. The third-order valence-corrected chi connectivity index (χ3v) is 4.41. The first-order valence-corrected chi connectivity index (χ1v) is 8.59. The van der Waals surface area contributed by atoms with E-state index in [2.05, 4.69) is 10.2 Å². The van der Waals surface area contributed by atoms with Crippen molar-refractivity contribution in [1.29, 1.82) is 0 Å². The molecule has 0 saturated heterocycles. The number of hydrogen-bond donors (Lipinski definition) is 1. The molecule has 1 aromatic carbocycles. The number of carboxylic acids is 1. The van der Waals surface area contributed by atoms with Crippen LogP contribution in [0.4, 0.5) is 0 Å². The number of carbonyl (C=O) groups excluding carboxylic acids is 1. The number of carboxylic acid groups (broad SMARTS) is 1. The standard InChI is InChI=1S/C16H20N4O3S/c1-3-19(9-8-15(22)23)14(21)10-24-16-18-17-11-20(16)13-6-4-12(2)5-7-13/h4-7,11H,3,8-10H2,1-2H3,(H,22,23). The van der Waals surface area contributed by atoms with Crippen molar-refractivity contribution in [2.24, 2.45) is 0 Å². The summed E-state index contributed by atoms with van der Waals surface area (Å²) in [5.74, 6) is -0.826. The van der Waals surface area contributed by atoms with Gasteiger partial charge in [-0.25, -0.2) is 0 Å². The van der Waals surface area contributed by atoms with Crippen LogP contribution in [0.5, 0.6) is 0 Å². The molecular weight excluding hydrogens is 328 g/mol. The number of aliphatic carboxylic acids is 1. The summed E-state index contributed by atoms with van der Waals surface area (Å²) in [5, 5.41) is 17.3. The lowest BCUT2D eigenvalue weighted by Crippen LogP contribution is -2.34. The van der Waals surface area contributed by atoms with Crippen LogP contribution in [0.2, 0.25) is 0 Å². The first kappa shape index (κ1) is 18.0. The van der Waals surface area contributed by atoms with Crippen LogP contribution in [0.1, 0.15) is 18.9 Å². The van der Waals surface area contributed by atoms with Crippen molar-refractivity contribution in [2.75, 3.05) is 18.8 Å². The molecule has 128 valence electrons.